The lowest BCUT2D eigenvalue weighted by molar-refractivity contribution is -0.138. The van der Waals surface area contributed by atoms with Crippen molar-refractivity contribution in [3.8, 4) is 0 Å². The third-order valence-corrected chi connectivity index (χ3v) is 1.44. The fraction of sp³-hybridized carbons (Fsp3) is 0.833. The maximum Gasteiger partial charge on any atom is 0.177 e. The molecule has 0 rings (SSSR count). The molecule has 0 saturated heterocycles. The van der Waals surface area contributed by atoms with E-state index in [9.17, 15) is 4.79 Å². The van der Waals surface area contributed by atoms with E-state index in [1.807, 2.05) is 0 Å². The van der Waals surface area contributed by atoms with Crippen molar-refractivity contribution in [3.63, 3.8) is 0 Å². The first-order valence-corrected chi connectivity index (χ1v) is 3.42. The summed E-state index contributed by atoms with van der Waals surface area (Å²) in [5.74, 6) is -0.782. The maximum absolute atomic E-state index is 10.6. The van der Waals surface area contributed by atoms with E-state index in [0.29, 0.717) is 0 Å². The number of hydrogen-bond donors (Lipinski definition) is 5. The molecule has 0 saturated carbocycles. The smallest absolute Gasteiger partial charge is 0.177 e. The Bertz CT molecular complexity index is 151. The summed E-state index contributed by atoms with van der Waals surface area (Å²) in [5, 5.41) is 35.0. The summed E-state index contributed by atoms with van der Waals surface area (Å²) in [4.78, 5) is 10.6. The highest BCUT2D eigenvalue weighted by molar-refractivity contribution is 5.85. The van der Waals surface area contributed by atoms with Crippen molar-refractivity contribution in [2.24, 2.45) is 5.73 Å². The molecule has 0 aromatic carbocycles. The Morgan fingerprint density at radius 1 is 1.33 bits per heavy atom. The lowest BCUT2D eigenvalue weighted by atomic mass is 10.1. The number of aliphatic hydroxyl groups excluding tert-OH is 4. The summed E-state index contributed by atoms with van der Waals surface area (Å²) in [6, 6.07) is 0. The van der Waals surface area contributed by atoms with Crippen LogP contribution in [0.2, 0.25) is 0 Å². The summed E-state index contributed by atoms with van der Waals surface area (Å²) < 4.78 is 0. The Labute approximate surface area is 69.2 Å². The molecule has 0 fully saturated rings. The highest BCUT2D eigenvalue weighted by atomic mass is 16.4. The van der Waals surface area contributed by atoms with Gasteiger partial charge < -0.3 is 26.2 Å². The van der Waals surface area contributed by atoms with Gasteiger partial charge in [-0.05, 0) is 0 Å². The second kappa shape index (κ2) is 5.18. The van der Waals surface area contributed by atoms with Crippen molar-refractivity contribution in [1.82, 2.24) is 0 Å². The van der Waals surface area contributed by atoms with Gasteiger partial charge in [-0.2, -0.15) is 0 Å². The average molecular weight is 179 g/mol. The van der Waals surface area contributed by atoms with Gasteiger partial charge in [-0.3, -0.25) is 4.79 Å². The molecule has 12 heavy (non-hydrogen) atoms. The number of Topliss-reactive ketones (excluding diaryl/α,β-unsaturated/α-hetero) is 1. The van der Waals surface area contributed by atoms with Gasteiger partial charge in [-0.1, -0.05) is 0 Å². The van der Waals surface area contributed by atoms with E-state index in [2.05, 4.69) is 0 Å². The minimum absolute atomic E-state index is 0.420. The van der Waals surface area contributed by atoms with E-state index < -0.39 is 37.2 Å². The van der Waals surface area contributed by atoms with E-state index in [1.165, 1.54) is 0 Å². The molecule has 0 bridgehead atoms. The Morgan fingerprint density at radius 2 is 1.83 bits per heavy atom. The third kappa shape index (κ3) is 2.84. The van der Waals surface area contributed by atoms with Crippen LogP contribution in [0.15, 0.2) is 0 Å². The number of nitrogens with two attached hydrogens (primary N) is 1. The molecule has 0 heterocycles. The third-order valence-electron chi connectivity index (χ3n) is 1.44. The molecule has 6 heteroatoms. The van der Waals surface area contributed by atoms with Gasteiger partial charge in [-0.15, -0.1) is 0 Å². The van der Waals surface area contributed by atoms with E-state index in [0.717, 1.165) is 0 Å². The van der Waals surface area contributed by atoms with Crippen LogP contribution in [0, 0.1) is 0 Å². The van der Waals surface area contributed by atoms with Crippen LogP contribution in [0.5, 0.6) is 0 Å². The van der Waals surface area contributed by atoms with Gasteiger partial charge in [0.15, 0.2) is 5.78 Å². The van der Waals surface area contributed by atoms with Crippen LogP contribution < -0.4 is 5.73 Å². The van der Waals surface area contributed by atoms with Crippen molar-refractivity contribution in [2.75, 3.05) is 13.2 Å². The molecule has 72 valence electrons. The van der Waals surface area contributed by atoms with Gasteiger partial charge in [0.25, 0.3) is 0 Å². The molecular weight excluding hydrogens is 166 g/mol. The molecule has 0 aliphatic heterocycles. The predicted molar refractivity (Wildman–Crippen MR) is 39.2 cm³/mol. The molecule has 0 aromatic heterocycles. The number of hydrogen-bond acceptors (Lipinski definition) is 6. The molecule has 0 aliphatic carbocycles. The van der Waals surface area contributed by atoms with Crippen molar-refractivity contribution in [1.29, 1.82) is 0 Å². The number of carbonyl (C=O) groups is 1. The van der Waals surface area contributed by atoms with Gasteiger partial charge in [0.05, 0.1) is 13.2 Å². The number of carbonyl (C=O) groups excluding carboxylic acids is 1. The zero-order chi connectivity index (χ0) is 9.72. The van der Waals surface area contributed by atoms with Gasteiger partial charge in [-0.25, -0.2) is 0 Å². The van der Waals surface area contributed by atoms with Crippen LogP contribution in [-0.4, -0.2) is 57.7 Å². The first-order valence-electron chi connectivity index (χ1n) is 3.42. The second-order valence-corrected chi connectivity index (χ2v) is 2.36. The second-order valence-electron chi connectivity index (χ2n) is 2.36. The molecule has 6 N–H and O–H groups in total. The van der Waals surface area contributed by atoms with E-state index >= 15 is 0 Å². The molecule has 0 aliphatic rings. The van der Waals surface area contributed by atoms with Crippen LogP contribution in [-0.2, 0) is 4.79 Å². The van der Waals surface area contributed by atoms with Crippen LogP contribution in [0.3, 0.4) is 0 Å². The van der Waals surface area contributed by atoms with Crippen LogP contribution in [0.25, 0.3) is 0 Å². The number of rotatable bonds is 5. The van der Waals surface area contributed by atoms with E-state index in [-0.39, 0.29) is 0 Å². The van der Waals surface area contributed by atoms with Crippen molar-refractivity contribution in [3.05, 3.63) is 0 Å². The molecule has 0 amide bonds. The van der Waals surface area contributed by atoms with Crippen LogP contribution >= 0.6 is 0 Å². The summed E-state index contributed by atoms with van der Waals surface area (Å²) in [5.41, 5.74) is 4.89. The Balaban J connectivity index is 4.08. The summed E-state index contributed by atoms with van der Waals surface area (Å²) in [6.07, 6.45) is -4.96. The topological polar surface area (TPSA) is 124 Å². The quantitative estimate of drug-likeness (QED) is 0.299. The normalized spacial score (nSPS) is 18.4. The molecule has 0 aromatic rings. The highest BCUT2D eigenvalue weighted by Gasteiger charge is 2.28. The summed E-state index contributed by atoms with van der Waals surface area (Å²) in [6.45, 7) is -1.15. The molecule has 0 spiro atoms. The Hall–Kier alpha value is -0.530. The number of aliphatic hydroxyl groups is 4. The minimum Gasteiger partial charge on any atom is -0.394 e. The first-order chi connectivity index (χ1) is 5.54. The van der Waals surface area contributed by atoms with E-state index in [4.69, 9.17) is 26.2 Å². The first kappa shape index (κ1) is 11.5. The van der Waals surface area contributed by atoms with Crippen LogP contribution in [0.4, 0.5) is 0 Å². The lowest BCUT2D eigenvalue weighted by Gasteiger charge is -2.19. The Kier molecular flexibility index (Phi) is 4.95. The van der Waals surface area contributed by atoms with Crippen molar-refractivity contribution in [2.45, 2.75) is 18.3 Å². The average Bonchev–Trinajstić information content (AvgIpc) is 2.12. The molecule has 0 unspecified atom stereocenters. The fourth-order valence-electron chi connectivity index (χ4n) is 0.630. The maximum atomic E-state index is 10.6. The van der Waals surface area contributed by atoms with Crippen molar-refractivity contribution >= 4 is 5.78 Å². The number of ketones is 1. The van der Waals surface area contributed by atoms with E-state index in [1.54, 1.807) is 0 Å². The van der Waals surface area contributed by atoms with Gasteiger partial charge in [0, 0.05) is 0 Å². The molecule has 0 radical (unpaired) electrons. The zero-order valence-electron chi connectivity index (χ0n) is 6.42. The largest absolute Gasteiger partial charge is 0.394 e. The highest BCUT2D eigenvalue weighted by Crippen LogP contribution is 2.00. The van der Waals surface area contributed by atoms with Gasteiger partial charge >= 0.3 is 0 Å². The fourth-order valence-corrected chi connectivity index (χ4v) is 0.630. The lowest BCUT2D eigenvalue weighted by Crippen LogP contribution is -2.45. The van der Waals surface area contributed by atoms with Gasteiger partial charge in [0.2, 0.25) is 0 Å². The summed E-state index contributed by atoms with van der Waals surface area (Å²) >= 11 is 0. The standard InChI is InChI=1S/C6H13NO5/c7-1-3(9)5(11)6(12)4(10)2-8/h4-6,8,10-12H,1-2,7H2/t4-,5+,6+/m0/s1. The predicted octanol–water partition coefficient (Wildman–Crippen LogP) is -3.41. The zero-order valence-corrected chi connectivity index (χ0v) is 6.42. The van der Waals surface area contributed by atoms with Crippen LogP contribution in [0.1, 0.15) is 0 Å². The summed E-state index contributed by atoms with van der Waals surface area (Å²) in [7, 11) is 0. The minimum atomic E-state index is -1.74. The Morgan fingerprint density at radius 3 is 2.17 bits per heavy atom. The van der Waals surface area contributed by atoms with Gasteiger partial charge in [0.1, 0.15) is 18.3 Å². The molecule has 6 nitrogen and oxygen atoms in total. The van der Waals surface area contributed by atoms with Crippen molar-refractivity contribution < 1.29 is 25.2 Å². The molecule has 3 atom stereocenters. The molecular formula is C6H13NO5. The monoisotopic (exact) mass is 179 g/mol. The SMILES string of the molecule is NCC(=O)[C@@H](O)[C@H](O)[C@@H](O)CO.